The summed E-state index contributed by atoms with van der Waals surface area (Å²) in [5, 5.41) is 7.15. The summed E-state index contributed by atoms with van der Waals surface area (Å²) in [6.07, 6.45) is 16.0. The quantitative estimate of drug-likeness (QED) is 0.682. The SMILES string of the molecule is O=C(C=Cc1cccnc1)NC1(c2nc(-c3cnccn3)no2)CCCCC1. The Bertz CT molecular complexity index is 949. The van der Waals surface area contributed by atoms with Gasteiger partial charge in [-0.3, -0.25) is 14.8 Å². The minimum absolute atomic E-state index is 0.204. The van der Waals surface area contributed by atoms with Gasteiger partial charge in [0.1, 0.15) is 11.2 Å². The molecule has 1 N–H and O–H groups in total. The molecule has 0 spiro atoms. The van der Waals surface area contributed by atoms with Crippen LogP contribution in [-0.2, 0) is 10.3 Å². The van der Waals surface area contributed by atoms with E-state index in [1.807, 2.05) is 12.1 Å². The molecule has 0 saturated heterocycles. The maximum atomic E-state index is 12.6. The zero-order valence-electron chi connectivity index (χ0n) is 15.3. The molecule has 0 aliphatic heterocycles. The first-order chi connectivity index (χ1) is 13.8. The zero-order chi connectivity index (χ0) is 19.2. The summed E-state index contributed by atoms with van der Waals surface area (Å²) in [7, 11) is 0. The number of nitrogens with one attached hydrogen (secondary N) is 1. The summed E-state index contributed by atoms with van der Waals surface area (Å²) in [5.41, 5.74) is 0.728. The Kier molecular flexibility index (Phi) is 5.18. The van der Waals surface area contributed by atoms with E-state index in [4.69, 9.17) is 4.52 Å². The Morgan fingerprint density at radius 3 is 2.71 bits per heavy atom. The van der Waals surface area contributed by atoms with Crippen LogP contribution in [0.25, 0.3) is 17.6 Å². The van der Waals surface area contributed by atoms with Crippen LogP contribution in [0.5, 0.6) is 0 Å². The highest BCUT2D eigenvalue weighted by molar-refractivity contribution is 5.92. The van der Waals surface area contributed by atoms with E-state index in [0.29, 0.717) is 17.4 Å². The fourth-order valence-electron chi connectivity index (χ4n) is 3.41. The van der Waals surface area contributed by atoms with Crippen molar-refractivity contribution in [2.24, 2.45) is 0 Å². The summed E-state index contributed by atoms with van der Waals surface area (Å²) in [6, 6.07) is 3.71. The second kappa shape index (κ2) is 8.08. The molecule has 0 unspecified atom stereocenters. The van der Waals surface area contributed by atoms with Gasteiger partial charge in [0.2, 0.25) is 11.7 Å². The van der Waals surface area contributed by atoms with Gasteiger partial charge in [0.25, 0.3) is 5.89 Å². The lowest BCUT2D eigenvalue weighted by Crippen LogP contribution is -2.47. The van der Waals surface area contributed by atoms with Crippen molar-refractivity contribution >= 4 is 12.0 Å². The van der Waals surface area contributed by atoms with Crippen molar-refractivity contribution in [3.05, 3.63) is 60.6 Å². The van der Waals surface area contributed by atoms with Crippen molar-refractivity contribution in [3.8, 4) is 11.5 Å². The van der Waals surface area contributed by atoms with E-state index in [-0.39, 0.29) is 5.91 Å². The summed E-state index contributed by atoms with van der Waals surface area (Å²) in [4.78, 5) is 29.4. The van der Waals surface area contributed by atoms with Crippen molar-refractivity contribution in [1.82, 2.24) is 30.4 Å². The van der Waals surface area contributed by atoms with Gasteiger partial charge in [-0.2, -0.15) is 4.98 Å². The molecule has 8 heteroatoms. The van der Waals surface area contributed by atoms with E-state index in [2.05, 4.69) is 30.4 Å². The zero-order valence-corrected chi connectivity index (χ0v) is 15.3. The third-order valence-corrected chi connectivity index (χ3v) is 4.81. The molecular formula is C20H20N6O2. The van der Waals surface area contributed by atoms with Crippen LogP contribution in [0, 0.1) is 0 Å². The van der Waals surface area contributed by atoms with E-state index in [1.54, 1.807) is 37.1 Å². The number of carbonyl (C=O) groups is 1. The van der Waals surface area contributed by atoms with Crippen LogP contribution in [-0.4, -0.2) is 31.0 Å². The van der Waals surface area contributed by atoms with Gasteiger partial charge in [-0.1, -0.05) is 30.5 Å². The molecule has 3 heterocycles. The molecule has 1 aliphatic rings. The van der Waals surface area contributed by atoms with Gasteiger partial charge in [0.05, 0.1) is 6.20 Å². The fourth-order valence-corrected chi connectivity index (χ4v) is 3.41. The molecule has 0 atom stereocenters. The molecule has 4 rings (SSSR count). The number of aromatic nitrogens is 5. The molecule has 0 aromatic carbocycles. The van der Waals surface area contributed by atoms with Crippen LogP contribution >= 0.6 is 0 Å². The average molecular weight is 376 g/mol. The van der Waals surface area contributed by atoms with Crippen LogP contribution in [0.4, 0.5) is 0 Å². The van der Waals surface area contributed by atoms with Crippen molar-refractivity contribution in [2.45, 2.75) is 37.6 Å². The minimum Gasteiger partial charge on any atom is -0.338 e. The standard InChI is InChI=1S/C20H20N6O2/c27-17(7-6-15-5-4-10-21-13-15)25-20(8-2-1-3-9-20)19-24-18(26-28-19)16-14-22-11-12-23-16/h4-7,10-14H,1-3,8-9H2,(H,25,27). The number of amides is 1. The fraction of sp³-hybridized carbons (Fsp3) is 0.300. The molecule has 142 valence electrons. The molecule has 1 saturated carbocycles. The lowest BCUT2D eigenvalue weighted by molar-refractivity contribution is -0.119. The van der Waals surface area contributed by atoms with Crippen LogP contribution in [0.3, 0.4) is 0 Å². The van der Waals surface area contributed by atoms with Gasteiger partial charge >= 0.3 is 0 Å². The highest BCUT2D eigenvalue weighted by Crippen LogP contribution is 2.37. The number of hydrogen-bond acceptors (Lipinski definition) is 7. The van der Waals surface area contributed by atoms with Crippen molar-refractivity contribution < 1.29 is 9.32 Å². The normalized spacial score (nSPS) is 16.1. The highest BCUT2D eigenvalue weighted by atomic mass is 16.5. The maximum absolute atomic E-state index is 12.6. The smallest absolute Gasteiger partial charge is 0.252 e. The van der Waals surface area contributed by atoms with Crippen LogP contribution in [0.1, 0.15) is 43.6 Å². The summed E-state index contributed by atoms with van der Waals surface area (Å²) >= 11 is 0. The van der Waals surface area contributed by atoms with Crippen molar-refractivity contribution in [3.63, 3.8) is 0 Å². The molecule has 0 radical (unpaired) electrons. The van der Waals surface area contributed by atoms with E-state index < -0.39 is 5.54 Å². The lowest BCUT2D eigenvalue weighted by Gasteiger charge is -2.34. The van der Waals surface area contributed by atoms with Gasteiger partial charge in [0.15, 0.2) is 0 Å². The Labute approximate surface area is 162 Å². The predicted octanol–water partition coefficient (Wildman–Crippen LogP) is 2.91. The molecule has 1 amide bonds. The monoisotopic (exact) mass is 376 g/mol. The number of carbonyl (C=O) groups excluding carboxylic acids is 1. The first kappa shape index (κ1) is 18.0. The predicted molar refractivity (Wildman–Crippen MR) is 102 cm³/mol. The maximum Gasteiger partial charge on any atom is 0.252 e. The largest absolute Gasteiger partial charge is 0.338 e. The van der Waals surface area contributed by atoms with E-state index in [1.165, 1.54) is 6.08 Å². The summed E-state index contributed by atoms with van der Waals surface area (Å²) < 4.78 is 5.55. The van der Waals surface area contributed by atoms with E-state index in [9.17, 15) is 4.79 Å². The molecule has 3 aromatic rings. The Morgan fingerprint density at radius 2 is 1.96 bits per heavy atom. The third kappa shape index (κ3) is 3.95. The molecule has 3 aromatic heterocycles. The first-order valence-corrected chi connectivity index (χ1v) is 9.26. The second-order valence-electron chi connectivity index (χ2n) is 6.77. The van der Waals surface area contributed by atoms with Gasteiger partial charge in [-0.15, -0.1) is 0 Å². The number of nitrogens with zero attached hydrogens (tertiary/aromatic N) is 5. The molecule has 1 aliphatic carbocycles. The Morgan fingerprint density at radius 1 is 1.11 bits per heavy atom. The first-order valence-electron chi connectivity index (χ1n) is 9.26. The summed E-state index contributed by atoms with van der Waals surface area (Å²) in [5.74, 6) is 0.578. The molecule has 28 heavy (non-hydrogen) atoms. The Hall–Kier alpha value is -3.42. The molecular weight excluding hydrogens is 356 g/mol. The van der Waals surface area contributed by atoms with E-state index >= 15 is 0 Å². The third-order valence-electron chi connectivity index (χ3n) is 4.81. The van der Waals surface area contributed by atoms with Crippen molar-refractivity contribution in [1.29, 1.82) is 0 Å². The van der Waals surface area contributed by atoms with Crippen LogP contribution in [0.15, 0.2) is 53.7 Å². The summed E-state index contributed by atoms with van der Waals surface area (Å²) in [6.45, 7) is 0. The number of pyridine rings is 1. The van der Waals surface area contributed by atoms with E-state index in [0.717, 1.165) is 37.7 Å². The number of rotatable bonds is 5. The molecule has 1 fully saturated rings. The van der Waals surface area contributed by atoms with Crippen LogP contribution in [0.2, 0.25) is 0 Å². The highest BCUT2D eigenvalue weighted by Gasteiger charge is 2.40. The Balaban J connectivity index is 1.56. The molecule has 0 bridgehead atoms. The van der Waals surface area contributed by atoms with Crippen molar-refractivity contribution in [2.75, 3.05) is 0 Å². The van der Waals surface area contributed by atoms with Gasteiger partial charge in [-0.25, -0.2) is 4.98 Å². The van der Waals surface area contributed by atoms with Gasteiger partial charge in [0, 0.05) is 30.9 Å². The molecule has 8 nitrogen and oxygen atoms in total. The lowest BCUT2D eigenvalue weighted by atomic mass is 9.81. The second-order valence-corrected chi connectivity index (χ2v) is 6.77. The topological polar surface area (TPSA) is 107 Å². The number of hydrogen-bond donors (Lipinski definition) is 1. The van der Waals surface area contributed by atoms with Crippen LogP contribution < -0.4 is 5.32 Å². The average Bonchev–Trinajstić information content (AvgIpc) is 3.26. The van der Waals surface area contributed by atoms with Gasteiger partial charge in [-0.05, 0) is 30.5 Å². The minimum atomic E-state index is -0.665. The van der Waals surface area contributed by atoms with Gasteiger partial charge < -0.3 is 9.84 Å².